The number of carbonyl (C=O) groups excluding carboxylic acids is 2. The summed E-state index contributed by atoms with van der Waals surface area (Å²) in [5, 5.41) is 0. The zero-order valence-electron chi connectivity index (χ0n) is 12.3. The third-order valence-corrected chi connectivity index (χ3v) is 14.5. The van der Waals surface area contributed by atoms with Gasteiger partial charge in [-0.1, -0.05) is 0 Å². The van der Waals surface area contributed by atoms with Gasteiger partial charge in [-0.15, -0.1) is 0 Å². The number of Topliss-reactive ketones (excluding diaryl/α,β-unsaturated/α-hetero) is 2. The topological polar surface area (TPSA) is 71.1 Å². The number of fused-ring (bicyclic) bond motifs is 4. The first-order valence-electron chi connectivity index (χ1n) is 7.38. The first-order valence-corrected chi connectivity index (χ1v) is 13.7. The first kappa shape index (κ1) is 15.7. The Balaban J connectivity index is 1.41. The van der Waals surface area contributed by atoms with E-state index in [-0.39, 0.29) is 48.2 Å². The molecular formula is C14H18O6Se2. The van der Waals surface area contributed by atoms with Gasteiger partial charge in [0.1, 0.15) is 0 Å². The van der Waals surface area contributed by atoms with Crippen molar-refractivity contribution in [2.24, 2.45) is 0 Å². The van der Waals surface area contributed by atoms with E-state index in [9.17, 15) is 9.59 Å². The van der Waals surface area contributed by atoms with Gasteiger partial charge in [0.05, 0.1) is 0 Å². The molecule has 4 fully saturated rings. The fourth-order valence-corrected chi connectivity index (χ4v) is 15.0. The zero-order valence-corrected chi connectivity index (χ0v) is 15.7. The van der Waals surface area contributed by atoms with E-state index in [1.54, 1.807) is 14.2 Å². The summed E-state index contributed by atoms with van der Waals surface area (Å²) >= 11 is 0.679. The van der Waals surface area contributed by atoms with Crippen molar-refractivity contribution in [3.63, 3.8) is 0 Å². The van der Waals surface area contributed by atoms with Crippen LogP contribution in [-0.4, -0.2) is 88.7 Å². The Hall–Kier alpha value is 0.219. The molecule has 122 valence electrons. The van der Waals surface area contributed by atoms with Crippen molar-refractivity contribution >= 4 is 37.8 Å². The van der Waals surface area contributed by atoms with Gasteiger partial charge >= 0.3 is 140 Å². The van der Waals surface area contributed by atoms with Crippen molar-refractivity contribution in [2.45, 2.75) is 59.1 Å². The summed E-state index contributed by atoms with van der Waals surface area (Å²) in [5.74, 6) is 0.361. The number of ketones is 2. The number of methoxy groups -OCH3 is 2. The molecule has 4 bridgehead atoms. The van der Waals surface area contributed by atoms with Gasteiger partial charge < -0.3 is 0 Å². The number of ether oxygens (including phenoxy) is 4. The summed E-state index contributed by atoms with van der Waals surface area (Å²) < 4.78 is 22.6. The average Bonchev–Trinajstić information content (AvgIpc) is 3.22. The van der Waals surface area contributed by atoms with Crippen LogP contribution in [0.4, 0.5) is 0 Å². The molecule has 0 unspecified atom stereocenters. The molecule has 4 rings (SSSR count). The van der Waals surface area contributed by atoms with Gasteiger partial charge in [0.2, 0.25) is 0 Å². The molecule has 4 aliphatic rings. The number of carbonyl (C=O) groups is 2. The van der Waals surface area contributed by atoms with Gasteiger partial charge in [0, 0.05) is 0 Å². The van der Waals surface area contributed by atoms with Crippen molar-refractivity contribution in [1.82, 2.24) is 0 Å². The Morgan fingerprint density at radius 1 is 0.864 bits per heavy atom. The molecule has 0 amide bonds. The summed E-state index contributed by atoms with van der Waals surface area (Å²) in [7, 11) is 3.32. The molecule has 0 aliphatic carbocycles. The van der Waals surface area contributed by atoms with E-state index in [4.69, 9.17) is 18.9 Å². The molecule has 22 heavy (non-hydrogen) atoms. The number of hydrogen-bond donors (Lipinski definition) is 0. The van der Waals surface area contributed by atoms with Gasteiger partial charge in [0.15, 0.2) is 0 Å². The first-order chi connectivity index (χ1) is 10.6. The molecule has 0 aromatic rings. The van der Waals surface area contributed by atoms with Crippen LogP contribution < -0.4 is 0 Å². The van der Waals surface area contributed by atoms with Crippen LogP contribution in [0, 0.1) is 0 Å². The third kappa shape index (κ3) is 2.28. The van der Waals surface area contributed by atoms with Crippen LogP contribution in [0.15, 0.2) is 0 Å². The SMILES string of the molecule is CO[C@H]1[C@H]([Se][Se][C@H]2[C@H](OC)[C@H]3O[C@@H]2CC3=O)[C@H]2CC(=O)[C@@H]1O2. The number of hydrogen-bond acceptors (Lipinski definition) is 6. The Bertz CT molecular complexity index is 456. The van der Waals surface area contributed by atoms with E-state index in [1.807, 2.05) is 0 Å². The predicted octanol–water partition coefficient (Wildman–Crippen LogP) is -0.603. The fourth-order valence-electron chi connectivity index (χ4n) is 3.81. The Morgan fingerprint density at radius 2 is 1.27 bits per heavy atom. The molecular weight excluding hydrogens is 422 g/mol. The molecule has 4 saturated heterocycles. The van der Waals surface area contributed by atoms with Gasteiger partial charge in [-0.05, 0) is 0 Å². The van der Waals surface area contributed by atoms with E-state index in [2.05, 4.69) is 0 Å². The van der Waals surface area contributed by atoms with E-state index in [0.29, 0.717) is 48.7 Å². The summed E-state index contributed by atoms with van der Waals surface area (Å²) in [4.78, 5) is 24.2. The molecule has 8 heteroatoms. The van der Waals surface area contributed by atoms with Crippen molar-refractivity contribution in [2.75, 3.05) is 14.2 Å². The van der Waals surface area contributed by atoms with Crippen molar-refractivity contribution in [3.05, 3.63) is 0 Å². The van der Waals surface area contributed by atoms with Crippen LogP contribution in [0.1, 0.15) is 12.8 Å². The third-order valence-electron chi connectivity index (χ3n) is 4.88. The summed E-state index contributed by atoms with van der Waals surface area (Å²) in [6.07, 6.45) is 0.254. The van der Waals surface area contributed by atoms with Gasteiger partial charge in [-0.3, -0.25) is 0 Å². The van der Waals surface area contributed by atoms with Crippen molar-refractivity contribution in [3.8, 4) is 0 Å². The van der Waals surface area contributed by atoms with E-state index >= 15 is 0 Å². The minimum absolute atomic E-state index is 0.0338. The molecule has 0 spiro atoms. The molecule has 8 atom stereocenters. The maximum atomic E-state index is 11.8. The van der Waals surface area contributed by atoms with E-state index < -0.39 is 0 Å². The van der Waals surface area contributed by atoms with Gasteiger partial charge in [-0.2, -0.15) is 0 Å². The van der Waals surface area contributed by atoms with Crippen molar-refractivity contribution in [1.29, 1.82) is 0 Å². The molecule has 4 aliphatic heterocycles. The van der Waals surface area contributed by atoms with Gasteiger partial charge in [0.25, 0.3) is 0 Å². The van der Waals surface area contributed by atoms with Crippen LogP contribution in [0.25, 0.3) is 0 Å². The molecule has 4 heterocycles. The molecule has 0 aromatic heterocycles. The molecule has 0 saturated carbocycles. The summed E-state index contributed by atoms with van der Waals surface area (Å²) in [6.45, 7) is 0. The fraction of sp³-hybridized carbons (Fsp3) is 0.857. The maximum absolute atomic E-state index is 11.8. The molecule has 0 radical (unpaired) electrons. The van der Waals surface area contributed by atoms with Crippen LogP contribution in [0.2, 0.25) is 9.63 Å². The zero-order chi connectivity index (χ0) is 15.4. The Morgan fingerprint density at radius 3 is 1.64 bits per heavy atom. The molecule has 6 nitrogen and oxygen atoms in total. The van der Waals surface area contributed by atoms with Crippen LogP contribution >= 0.6 is 0 Å². The normalized spacial score (nSPS) is 49.5. The van der Waals surface area contributed by atoms with Crippen LogP contribution in [-0.2, 0) is 28.5 Å². The van der Waals surface area contributed by atoms with E-state index in [1.165, 1.54) is 0 Å². The monoisotopic (exact) mass is 442 g/mol. The second kappa shape index (κ2) is 5.94. The standard InChI is InChI=1S/C14H18O6Se2/c1-17-11-9-5(15)3-7(19-9)13(11)21-22-14-8-4-6(16)10(20-8)12(14)18-2/h7-14H,3-4H2,1-2H3/t7-,8-,9+,10+,11-,12-,13-,14-/m1/s1. The van der Waals surface area contributed by atoms with Gasteiger partial charge in [-0.25, -0.2) is 0 Å². The molecule has 0 N–H and O–H groups in total. The summed E-state index contributed by atoms with van der Waals surface area (Å²) in [5.41, 5.74) is 0. The number of rotatable bonds is 5. The van der Waals surface area contributed by atoms with E-state index in [0.717, 1.165) is 0 Å². The summed E-state index contributed by atoms with van der Waals surface area (Å²) in [6, 6.07) is 0. The van der Waals surface area contributed by atoms with Crippen LogP contribution in [0.5, 0.6) is 0 Å². The minimum atomic E-state index is -0.353. The average molecular weight is 440 g/mol. The second-order valence-corrected chi connectivity index (χ2v) is 13.3. The Labute approximate surface area is 139 Å². The predicted molar refractivity (Wildman–Crippen MR) is 77.2 cm³/mol. The molecule has 0 aromatic carbocycles. The second-order valence-electron chi connectivity index (χ2n) is 6.05. The quantitative estimate of drug-likeness (QED) is 0.532. The van der Waals surface area contributed by atoms with Crippen LogP contribution in [0.3, 0.4) is 0 Å². The Kier molecular flexibility index (Phi) is 4.25. The van der Waals surface area contributed by atoms with Crippen molar-refractivity contribution < 1.29 is 28.5 Å².